The van der Waals surface area contributed by atoms with Crippen molar-refractivity contribution in [2.24, 2.45) is 0 Å². The molecule has 0 rings (SSSR count). The minimum Gasteiger partial charge on any atom is -0.450 e. The first-order chi connectivity index (χ1) is 4.70. The Morgan fingerprint density at radius 2 is 1.90 bits per heavy atom. The minimum absolute atomic E-state index is 0.878. The Hall–Kier alpha value is -0.540. The van der Waals surface area contributed by atoms with Crippen molar-refractivity contribution in [1.29, 1.82) is 0 Å². The van der Waals surface area contributed by atoms with Gasteiger partial charge < -0.3 is 14.9 Å². The van der Waals surface area contributed by atoms with Gasteiger partial charge in [0, 0.05) is 0 Å². The molecule has 0 aromatic rings. The molecule has 0 aliphatic heterocycles. The molecular formula is C7H14O3. The van der Waals surface area contributed by atoms with E-state index in [2.05, 4.69) is 4.74 Å². The van der Waals surface area contributed by atoms with Gasteiger partial charge in [-0.15, -0.1) is 0 Å². The maximum Gasteiger partial charge on any atom is 0.310 e. The van der Waals surface area contributed by atoms with Crippen LogP contribution in [-0.4, -0.2) is 16.7 Å². The van der Waals surface area contributed by atoms with Gasteiger partial charge in [-0.3, -0.25) is 0 Å². The van der Waals surface area contributed by atoms with E-state index in [0.29, 0.717) is 0 Å². The van der Waals surface area contributed by atoms with E-state index in [1.165, 1.54) is 6.26 Å². The van der Waals surface area contributed by atoms with Crippen LogP contribution in [0.5, 0.6) is 0 Å². The maximum absolute atomic E-state index is 8.28. The van der Waals surface area contributed by atoms with E-state index in [0.717, 1.165) is 18.4 Å². The fraction of sp³-hybridized carbons (Fsp3) is 0.714. The fourth-order valence-electron chi connectivity index (χ4n) is 0.574. The topological polar surface area (TPSA) is 49.7 Å². The minimum atomic E-state index is -1.69. The Morgan fingerprint density at radius 3 is 2.20 bits per heavy atom. The molecule has 2 N–H and O–H groups in total. The van der Waals surface area contributed by atoms with Crippen LogP contribution in [0.1, 0.15) is 26.7 Å². The summed E-state index contributed by atoms with van der Waals surface area (Å²) in [7, 11) is 0. The lowest BCUT2D eigenvalue weighted by atomic mass is 10.2. The molecule has 0 fully saturated rings. The van der Waals surface area contributed by atoms with Gasteiger partial charge in [-0.25, -0.2) is 0 Å². The highest BCUT2D eigenvalue weighted by Gasteiger charge is 1.93. The molecule has 60 valence electrons. The van der Waals surface area contributed by atoms with Crippen molar-refractivity contribution in [2.75, 3.05) is 0 Å². The monoisotopic (exact) mass is 146 g/mol. The molecule has 0 spiro atoms. The van der Waals surface area contributed by atoms with Crippen molar-refractivity contribution in [3.63, 3.8) is 0 Å². The van der Waals surface area contributed by atoms with Crippen LogP contribution < -0.4 is 0 Å². The molecule has 0 unspecified atom stereocenters. The lowest BCUT2D eigenvalue weighted by Crippen LogP contribution is -2.05. The number of aliphatic hydroxyl groups excluding tert-OH is 1. The molecule has 0 aromatic carbocycles. The van der Waals surface area contributed by atoms with Crippen molar-refractivity contribution in [3.05, 3.63) is 11.8 Å². The molecule has 3 nitrogen and oxygen atoms in total. The molecule has 0 radical (unpaired) electrons. The van der Waals surface area contributed by atoms with Crippen molar-refractivity contribution >= 4 is 0 Å². The molecule has 0 amide bonds. The summed E-state index contributed by atoms with van der Waals surface area (Å²) in [6.45, 7) is 2.29. The van der Waals surface area contributed by atoms with Gasteiger partial charge in [0.2, 0.25) is 0 Å². The van der Waals surface area contributed by atoms with Crippen molar-refractivity contribution in [2.45, 2.75) is 33.2 Å². The van der Waals surface area contributed by atoms with Crippen LogP contribution in [0.3, 0.4) is 0 Å². The number of rotatable bonds is 4. The van der Waals surface area contributed by atoms with E-state index in [1.807, 2.05) is 13.8 Å². The second kappa shape index (κ2) is 5.26. The Morgan fingerprint density at radius 1 is 1.40 bits per heavy atom. The third-order valence-corrected chi connectivity index (χ3v) is 1.26. The highest BCUT2D eigenvalue weighted by molar-refractivity contribution is 4.95. The van der Waals surface area contributed by atoms with Crippen LogP contribution in [0, 0.1) is 0 Å². The molecule has 0 heterocycles. The van der Waals surface area contributed by atoms with Crippen molar-refractivity contribution in [3.8, 4) is 0 Å². The second-order valence-electron chi connectivity index (χ2n) is 1.95. The summed E-state index contributed by atoms with van der Waals surface area (Å²) in [5, 5.41) is 16.6. The molecule has 0 bridgehead atoms. The summed E-state index contributed by atoms with van der Waals surface area (Å²) >= 11 is 0. The van der Waals surface area contributed by atoms with Crippen LogP contribution in [-0.2, 0) is 4.74 Å². The van der Waals surface area contributed by atoms with Gasteiger partial charge >= 0.3 is 6.48 Å². The predicted octanol–water partition coefficient (Wildman–Crippen LogP) is 0.975. The molecule has 3 heteroatoms. The normalized spacial score (nSPS) is 9.70. The zero-order valence-electron chi connectivity index (χ0n) is 6.37. The lowest BCUT2D eigenvalue weighted by Gasteiger charge is -2.03. The van der Waals surface area contributed by atoms with E-state index >= 15 is 0 Å². The Balaban J connectivity index is 3.63. The first kappa shape index (κ1) is 9.46. The lowest BCUT2D eigenvalue weighted by molar-refractivity contribution is -0.204. The van der Waals surface area contributed by atoms with E-state index in [1.54, 1.807) is 0 Å². The quantitative estimate of drug-likeness (QED) is 0.459. The Kier molecular flexibility index (Phi) is 4.98. The summed E-state index contributed by atoms with van der Waals surface area (Å²) in [6.07, 6.45) is 3.15. The average molecular weight is 146 g/mol. The third-order valence-electron chi connectivity index (χ3n) is 1.26. The van der Waals surface area contributed by atoms with E-state index < -0.39 is 6.48 Å². The SMILES string of the molecule is CCC(=COC(O)O)CC. The van der Waals surface area contributed by atoms with Crippen molar-refractivity contribution < 1.29 is 14.9 Å². The molecule has 0 aliphatic rings. The smallest absolute Gasteiger partial charge is 0.310 e. The zero-order valence-corrected chi connectivity index (χ0v) is 6.37. The van der Waals surface area contributed by atoms with Crippen LogP contribution in [0.2, 0.25) is 0 Å². The molecule has 0 saturated carbocycles. The zero-order chi connectivity index (χ0) is 7.98. The first-order valence-corrected chi connectivity index (χ1v) is 3.40. The largest absolute Gasteiger partial charge is 0.450 e. The first-order valence-electron chi connectivity index (χ1n) is 3.40. The van der Waals surface area contributed by atoms with Gasteiger partial charge in [0.1, 0.15) is 0 Å². The summed E-state index contributed by atoms with van der Waals surface area (Å²) in [4.78, 5) is 0. The second-order valence-corrected chi connectivity index (χ2v) is 1.95. The molecular weight excluding hydrogens is 132 g/mol. The number of allylic oxidation sites excluding steroid dienone is 1. The standard InChI is InChI=1S/C7H14O3/c1-3-6(4-2)5-10-7(8)9/h5,7-9H,3-4H2,1-2H3. The average Bonchev–Trinajstić information content (AvgIpc) is 1.90. The van der Waals surface area contributed by atoms with Gasteiger partial charge in [-0.05, 0) is 18.4 Å². The van der Waals surface area contributed by atoms with E-state index in [4.69, 9.17) is 10.2 Å². The van der Waals surface area contributed by atoms with Gasteiger partial charge in [0.25, 0.3) is 0 Å². The molecule has 10 heavy (non-hydrogen) atoms. The van der Waals surface area contributed by atoms with Gasteiger partial charge in [-0.1, -0.05) is 13.8 Å². The highest BCUT2D eigenvalue weighted by Crippen LogP contribution is 2.05. The maximum atomic E-state index is 8.28. The fourth-order valence-corrected chi connectivity index (χ4v) is 0.574. The summed E-state index contributed by atoms with van der Waals surface area (Å²) in [5.74, 6) is 0. The molecule has 0 saturated heterocycles. The summed E-state index contributed by atoms with van der Waals surface area (Å²) in [6, 6.07) is 0. The summed E-state index contributed by atoms with van der Waals surface area (Å²) in [5.41, 5.74) is 1.06. The van der Waals surface area contributed by atoms with Crippen LogP contribution in [0.4, 0.5) is 0 Å². The highest BCUT2D eigenvalue weighted by atomic mass is 16.7. The number of hydrogen-bond acceptors (Lipinski definition) is 3. The van der Waals surface area contributed by atoms with Crippen molar-refractivity contribution in [1.82, 2.24) is 0 Å². The van der Waals surface area contributed by atoms with E-state index in [-0.39, 0.29) is 0 Å². The van der Waals surface area contributed by atoms with Crippen LogP contribution >= 0.6 is 0 Å². The predicted molar refractivity (Wildman–Crippen MR) is 38.0 cm³/mol. The van der Waals surface area contributed by atoms with Crippen LogP contribution in [0.25, 0.3) is 0 Å². The number of hydrogen-bond donors (Lipinski definition) is 2. The molecule has 0 aromatic heterocycles. The summed E-state index contributed by atoms with van der Waals surface area (Å²) < 4.78 is 4.43. The van der Waals surface area contributed by atoms with Gasteiger partial charge in [0.05, 0.1) is 6.26 Å². The Bertz CT molecular complexity index is 101. The van der Waals surface area contributed by atoms with E-state index in [9.17, 15) is 0 Å². The third kappa shape index (κ3) is 4.35. The van der Waals surface area contributed by atoms with Gasteiger partial charge in [0.15, 0.2) is 0 Å². The number of ether oxygens (including phenoxy) is 1. The Labute approximate surface area is 60.9 Å². The molecule has 0 atom stereocenters. The van der Waals surface area contributed by atoms with Gasteiger partial charge in [-0.2, -0.15) is 0 Å². The number of aliphatic hydroxyl groups is 2. The molecule has 0 aliphatic carbocycles. The van der Waals surface area contributed by atoms with Crippen LogP contribution in [0.15, 0.2) is 11.8 Å².